The Morgan fingerprint density at radius 3 is 2.08 bits per heavy atom. The fraction of sp³-hybridized carbons (Fsp3) is 0.440. The Morgan fingerprint density at radius 1 is 0.917 bits per heavy atom. The number of nitrogens with one attached hydrogen (secondary N) is 3. The smallest absolute Gasteiger partial charge is 0.308 e. The van der Waals surface area contributed by atoms with Crippen LogP contribution >= 0.6 is 0 Å². The Labute approximate surface area is 209 Å². The number of amides is 5. The molecule has 0 saturated heterocycles. The molecule has 0 aliphatic carbocycles. The highest BCUT2D eigenvalue weighted by Crippen LogP contribution is 2.11. The fourth-order valence-corrected chi connectivity index (χ4v) is 3.13. The van der Waals surface area contributed by atoms with Crippen LogP contribution in [0.25, 0.3) is 0 Å². The molecule has 11 nitrogen and oxygen atoms in total. The van der Waals surface area contributed by atoms with Gasteiger partial charge in [0.05, 0.1) is 12.5 Å². The Bertz CT molecular complexity index is 1010. The molecule has 1 unspecified atom stereocenters. The number of imide groups is 1. The van der Waals surface area contributed by atoms with Crippen molar-refractivity contribution in [3.05, 3.63) is 42.0 Å². The Hall–Kier alpha value is -4.02. The van der Waals surface area contributed by atoms with Crippen LogP contribution < -0.4 is 16.0 Å². The molecular weight excluding hydrogens is 468 g/mol. The number of hydrogen-bond acceptors (Lipinski definition) is 7. The first-order chi connectivity index (χ1) is 17.0. The molecule has 1 heterocycles. The first-order valence-electron chi connectivity index (χ1n) is 11.6. The third-order valence-electron chi connectivity index (χ3n) is 5.24. The molecule has 0 saturated carbocycles. The quantitative estimate of drug-likeness (QED) is 0.285. The number of hydrogen-bond donors (Lipinski definition) is 3. The molecule has 36 heavy (non-hydrogen) atoms. The van der Waals surface area contributed by atoms with Crippen molar-refractivity contribution in [2.75, 3.05) is 18.4 Å². The lowest BCUT2D eigenvalue weighted by atomic mass is 10.0. The molecule has 1 aromatic carbocycles. The highest BCUT2D eigenvalue weighted by Gasteiger charge is 2.27. The minimum Gasteiger partial charge on any atom is -0.461 e. The van der Waals surface area contributed by atoms with Gasteiger partial charge in [-0.15, -0.1) is 0 Å². The zero-order valence-corrected chi connectivity index (χ0v) is 20.8. The van der Waals surface area contributed by atoms with Gasteiger partial charge in [-0.05, 0) is 23.6 Å². The topological polar surface area (TPSA) is 151 Å². The van der Waals surface area contributed by atoms with E-state index in [9.17, 15) is 28.8 Å². The van der Waals surface area contributed by atoms with Gasteiger partial charge in [-0.3, -0.25) is 33.7 Å². The third kappa shape index (κ3) is 8.64. The summed E-state index contributed by atoms with van der Waals surface area (Å²) in [7, 11) is 0. The van der Waals surface area contributed by atoms with Crippen LogP contribution in [-0.4, -0.2) is 59.5 Å². The van der Waals surface area contributed by atoms with Gasteiger partial charge in [-0.1, -0.05) is 39.8 Å². The number of nitrogens with zero attached hydrogens (tertiary/aromatic N) is 1. The van der Waals surface area contributed by atoms with Gasteiger partial charge in [0.25, 0.3) is 11.8 Å². The van der Waals surface area contributed by atoms with E-state index in [4.69, 9.17) is 4.74 Å². The summed E-state index contributed by atoms with van der Waals surface area (Å²) in [6.07, 6.45) is 2.12. The molecule has 0 fully saturated rings. The molecule has 0 spiro atoms. The molecule has 194 valence electrons. The lowest BCUT2D eigenvalue weighted by Gasteiger charge is -2.22. The van der Waals surface area contributed by atoms with Gasteiger partial charge in [-0.2, -0.15) is 0 Å². The highest BCUT2D eigenvalue weighted by atomic mass is 16.5. The predicted octanol–water partition coefficient (Wildman–Crippen LogP) is 0.896. The minimum absolute atomic E-state index is 0.0930. The first-order valence-corrected chi connectivity index (χ1v) is 11.6. The normalized spacial score (nSPS) is 13.7. The second kappa shape index (κ2) is 13.2. The standard InChI is InChI=1S/C25H32N4O7/c1-15(2)23(28-19(30)11-12-29-21(32)9-10-22(29)33)24(34)26-13-20(31)27-18-7-5-17(6-8-18)14-36-25(35)16(3)4/h5-10,15-16,23H,11-14H2,1-4H3,(H,26,34)(H,27,31)(H,28,30). The average molecular weight is 501 g/mol. The van der Waals surface area contributed by atoms with Crippen LogP contribution in [0.1, 0.15) is 39.7 Å². The summed E-state index contributed by atoms with van der Waals surface area (Å²) in [5, 5.41) is 7.74. The van der Waals surface area contributed by atoms with Crippen LogP contribution in [0.15, 0.2) is 36.4 Å². The maximum absolute atomic E-state index is 12.6. The van der Waals surface area contributed by atoms with Gasteiger partial charge in [0.1, 0.15) is 12.6 Å². The Morgan fingerprint density at radius 2 is 1.53 bits per heavy atom. The second-order valence-corrected chi connectivity index (χ2v) is 8.93. The number of carbonyl (C=O) groups excluding carboxylic acids is 6. The highest BCUT2D eigenvalue weighted by molar-refractivity contribution is 6.13. The van der Waals surface area contributed by atoms with Crippen molar-refractivity contribution in [2.45, 2.75) is 46.8 Å². The maximum Gasteiger partial charge on any atom is 0.308 e. The molecule has 0 bridgehead atoms. The van der Waals surface area contributed by atoms with Gasteiger partial charge in [0.2, 0.25) is 17.7 Å². The van der Waals surface area contributed by atoms with E-state index in [-0.39, 0.29) is 43.9 Å². The second-order valence-electron chi connectivity index (χ2n) is 8.93. The zero-order valence-electron chi connectivity index (χ0n) is 20.8. The zero-order chi connectivity index (χ0) is 26.8. The summed E-state index contributed by atoms with van der Waals surface area (Å²) < 4.78 is 5.16. The maximum atomic E-state index is 12.6. The number of carbonyl (C=O) groups is 6. The molecule has 2 rings (SSSR count). The van der Waals surface area contributed by atoms with E-state index in [2.05, 4.69) is 16.0 Å². The van der Waals surface area contributed by atoms with E-state index >= 15 is 0 Å². The van der Waals surface area contributed by atoms with Crippen LogP contribution in [0, 0.1) is 11.8 Å². The third-order valence-corrected chi connectivity index (χ3v) is 5.24. The molecular formula is C25H32N4O7. The van der Waals surface area contributed by atoms with Crippen molar-refractivity contribution < 1.29 is 33.5 Å². The number of anilines is 1. The molecule has 1 aromatic rings. The van der Waals surface area contributed by atoms with Crippen molar-refractivity contribution in [2.24, 2.45) is 11.8 Å². The van der Waals surface area contributed by atoms with E-state index in [1.54, 1.807) is 52.0 Å². The van der Waals surface area contributed by atoms with Gasteiger partial charge >= 0.3 is 5.97 Å². The first kappa shape index (κ1) is 28.2. The fourth-order valence-electron chi connectivity index (χ4n) is 3.13. The summed E-state index contributed by atoms with van der Waals surface area (Å²) in [5.74, 6) is -3.26. The molecule has 11 heteroatoms. The number of esters is 1. The monoisotopic (exact) mass is 500 g/mol. The molecule has 5 amide bonds. The SMILES string of the molecule is CC(C)C(=O)OCc1ccc(NC(=O)CNC(=O)C(NC(=O)CCN2C(=O)C=CC2=O)C(C)C)cc1. The molecule has 1 atom stereocenters. The van der Waals surface area contributed by atoms with Gasteiger partial charge in [-0.25, -0.2) is 0 Å². The van der Waals surface area contributed by atoms with Crippen molar-refractivity contribution in [1.29, 1.82) is 0 Å². The van der Waals surface area contributed by atoms with Crippen molar-refractivity contribution >= 4 is 41.2 Å². The lowest BCUT2D eigenvalue weighted by molar-refractivity contribution is -0.148. The van der Waals surface area contributed by atoms with Crippen molar-refractivity contribution in [3.63, 3.8) is 0 Å². The van der Waals surface area contributed by atoms with E-state index in [1.165, 1.54) is 0 Å². The summed E-state index contributed by atoms with van der Waals surface area (Å²) in [6, 6.07) is 5.83. The number of ether oxygens (including phenoxy) is 1. The Balaban J connectivity index is 1.78. The summed E-state index contributed by atoms with van der Waals surface area (Å²) in [6.45, 7) is 6.70. The Kier molecular flexibility index (Phi) is 10.3. The lowest BCUT2D eigenvalue weighted by Crippen LogP contribution is -2.51. The summed E-state index contributed by atoms with van der Waals surface area (Å²) in [4.78, 5) is 72.8. The molecule has 3 N–H and O–H groups in total. The van der Waals surface area contributed by atoms with Crippen molar-refractivity contribution in [3.8, 4) is 0 Å². The van der Waals surface area contributed by atoms with Crippen LogP contribution in [0.4, 0.5) is 5.69 Å². The summed E-state index contributed by atoms with van der Waals surface area (Å²) in [5.41, 5.74) is 1.27. The predicted molar refractivity (Wildman–Crippen MR) is 130 cm³/mol. The summed E-state index contributed by atoms with van der Waals surface area (Å²) >= 11 is 0. The van der Waals surface area contributed by atoms with Crippen LogP contribution in [0.3, 0.4) is 0 Å². The van der Waals surface area contributed by atoms with Crippen LogP contribution in [-0.2, 0) is 40.1 Å². The minimum atomic E-state index is -0.902. The van der Waals surface area contributed by atoms with Gasteiger partial charge in [0.15, 0.2) is 0 Å². The number of benzene rings is 1. The van der Waals surface area contributed by atoms with E-state index in [0.717, 1.165) is 22.6 Å². The molecule has 1 aliphatic rings. The average Bonchev–Trinajstić information content (AvgIpc) is 3.15. The van der Waals surface area contributed by atoms with E-state index < -0.39 is 35.6 Å². The van der Waals surface area contributed by atoms with E-state index in [0.29, 0.717) is 5.69 Å². The van der Waals surface area contributed by atoms with Crippen LogP contribution in [0.2, 0.25) is 0 Å². The molecule has 0 radical (unpaired) electrons. The number of rotatable bonds is 12. The van der Waals surface area contributed by atoms with E-state index in [1.807, 2.05) is 0 Å². The van der Waals surface area contributed by atoms with Crippen molar-refractivity contribution in [1.82, 2.24) is 15.5 Å². The largest absolute Gasteiger partial charge is 0.461 e. The van der Waals surface area contributed by atoms with Crippen LogP contribution in [0.5, 0.6) is 0 Å². The van der Waals surface area contributed by atoms with Gasteiger partial charge in [0, 0.05) is 30.8 Å². The van der Waals surface area contributed by atoms with Gasteiger partial charge < -0.3 is 20.7 Å². The molecule has 0 aromatic heterocycles. The molecule has 1 aliphatic heterocycles.